The van der Waals surface area contributed by atoms with Crippen LogP contribution in [0, 0.1) is 0 Å². The second-order valence-electron chi connectivity index (χ2n) is 3.01. The molecule has 0 aromatic rings. The Hall–Kier alpha value is -0.0800. The summed E-state index contributed by atoms with van der Waals surface area (Å²) in [6.07, 6.45) is 7.94. The van der Waals surface area contributed by atoms with E-state index in [4.69, 9.17) is 5.73 Å². The molecule has 2 heteroatoms. The first-order valence-electron chi connectivity index (χ1n) is 4.76. The molecule has 0 radical (unpaired) electrons. The highest BCUT2D eigenvalue weighted by Gasteiger charge is 1.88. The molecule has 0 aromatic carbocycles. The molecule has 0 unspecified atom stereocenters. The Morgan fingerprint density at radius 3 is 2.00 bits per heavy atom. The number of hydrogen-bond acceptors (Lipinski definition) is 2. The zero-order chi connectivity index (χ0) is 8.36. The molecule has 0 amide bonds. The van der Waals surface area contributed by atoms with Gasteiger partial charge in [0.15, 0.2) is 0 Å². The SMILES string of the molecule is CNCCCCCCCCN. The molecule has 0 aliphatic heterocycles. The van der Waals surface area contributed by atoms with E-state index in [0.717, 1.165) is 13.1 Å². The van der Waals surface area contributed by atoms with Gasteiger partial charge in [0.1, 0.15) is 0 Å². The van der Waals surface area contributed by atoms with E-state index in [0.29, 0.717) is 0 Å². The lowest BCUT2D eigenvalue weighted by atomic mass is 10.1. The number of rotatable bonds is 8. The van der Waals surface area contributed by atoms with Crippen molar-refractivity contribution >= 4 is 0 Å². The number of hydrogen-bond donors (Lipinski definition) is 2. The third-order valence-corrected chi connectivity index (χ3v) is 1.88. The van der Waals surface area contributed by atoms with Crippen LogP contribution in [-0.4, -0.2) is 20.1 Å². The predicted octanol–water partition coefficient (Wildman–Crippen LogP) is 1.51. The van der Waals surface area contributed by atoms with Crippen molar-refractivity contribution in [2.45, 2.75) is 38.5 Å². The Kier molecular flexibility index (Phi) is 9.85. The van der Waals surface area contributed by atoms with Gasteiger partial charge in [-0.1, -0.05) is 25.7 Å². The third-order valence-electron chi connectivity index (χ3n) is 1.88. The maximum Gasteiger partial charge on any atom is -0.00519 e. The summed E-state index contributed by atoms with van der Waals surface area (Å²) in [5, 5.41) is 3.15. The molecule has 11 heavy (non-hydrogen) atoms. The lowest BCUT2D eigenvalue weighted by Crippen LogP contribution is -2.06. The normalized spacial score (nSPS) is 10.4. The van der Waals surface area contributed by atoms with E-state index in [2.05, 4.69) is 5.32 Å². The Balaban J connectivity index is 2.69. The van der Waals surface area contributed by atoms with Crippen molar-refractivity contribution in [3.05, 3.63) is 0 Å². The molecule has 3 N–H and O–H groups in total. The first-order chi connectivity index (χ1) is 5.41. The van der Waals surface area contributed by atoms with Gasteiger partial charge in [0.05, 0.1) is 0 Å². The first-order valence-corrected chi connectivity index (χ1v) is 4.76. The molecule has 0 fully saturated rings. The van der Waals surface area contributed by atoms with E-state index < -0.39 is 0 Å². The smallest absolute Gasteiger partial charge is 0.00519 e. The molecule has 0 atom stereocenters. The van der Waals surface area contributed by atoms with E-state index in [1.807, 2.05) is 7.05 Å². The summed E-state index contributed by atoms with van der Waals surface area (Å²) in [5.41, 5.74) is 5.38. The molecular formula is C9H22N2. The molecule has 0 heterocycles. The van der Waals surface area contributed by atoms with Gasteiger partial charge >= 0.3 is 0 Å². The lowest BCUT2D eigenvalue weighted by molar-refractivity contribution is 0.585. The summed E-state index contributed by atoms with van der Waals surface area (Å²) in [6, 6.07) is 0. The second kappa shape index (κ2) is 9.92. The molecule has 0 aliphatic rings. The van der Waals surface area contributed by atoms with Crippen LogP contribution >= 0.6 is 0 Å². The summed E-state index contributed by atoms with van der Waals surface area (Å²) in [5.74, 6) is 0. The number of nitrogens with one attached hydrogen (secondary N) is 1. The van der Waals surface area contributed by atoms with E-state index in [1.54, 1.807) is 0 Å². The molecule has 2 nitrogen and oxygen atoms in total. The van der Waals surface area contributed by atoms with Crippen molar-refractivity contribution in [2.75, 3.05) is 20.1 Å². The van der Waals surface area contributed by atoms with Crippen molar-refractivity contribution in [1.29, 1.82) is 0 Å². The minimum Gasteiger partial charge on any atom is -0.330 e. The summed E-state index contributed by atoms with van der Waals surface area (Å²) >= 11 is 0. The molecule has 68 valence electrons. The van der Waals surface area contributed by atoms with Gasteiger partial charge in [0.25, 0.3) is 0 Å². The second-order valence-corrected chi connectivity index (χ2v) is 3.01. The van der Waals surface area contributed by atoms with Crippen LogP contribution in [0.2, 0.25) is 0 Å². The van der Waals surface area contributed by atoms with Crippen LogP contribution in [0.4, 0.5) is 0 Å². The van der Waals surface area contributed by atoms with Crippen LogP contribution in [0.5, 0.6) is 0 Å². The highest BCUT2D eigenvalue weighted by atomic mass is 14.8. The zero-order valence-corrected chi connectivity index (χ0v) is 7.73. The standard InChI is InChI=1S/C9H22N2/c1-11-9-7-5-3-2-4-6-8-10/h11H,2-10H2,1H3. The predicted molar refractivity (Wildman–Crippen MR) is 50.7 cm³/mol. The topological polar surface area (TPSA) is 38.0 Å². The molecule has 0 aliphatic carbocycles. The van der Waals surface area contributed by atoms with Gasteiger partial charge in [0.2, 0.25) is 0 Å². The minimum absolute atomic E-state index is 0.858. The van der Waals surface area contributed by atoms with E-state index in [1.165, 1.54) is 38.5 Å². The molecule has 0 spiro atoms. The van der Waals surface area contributed by atoms with Crippen molar-refractivity contribution in [3.8, 4) is 0 Å². The molecule has 0 rings (SSSR count). The summed E-state index contributed by atoms with van der Waals surface area (Å²) in [7, 11) is 2.01. The lowest BCUT2D eigenvalue weighted by Gasteiger charge is -1.99. The van der Waals surface area contributed by atoms with Crippen LogP contribution in [0.15, 0.2) is 0 Å². The van der Waals surface area contributed by atoms with Gasteiger partial charge in [-0.2, -0.15) is 0 Å². The van der Waals surface area contributed by atoms with Gasteiger partial charge in [-0.3, -0.25) is 0 Å². The van der Waals surface area contributed by atoms with E-state index in [9.17, 15) is 0 Å². The van der Waals surface area contributed by atoms with Crippen LogP contribution in [0.25, 0.3) is 0 Å². The van der Waals surface area contributed by atoms with Gasteiger partial charge in [-0.15, -0.1) is 0 Å². The maximum absolute atomic E-state index is 5.38. The fourth-order valence-electron chi connectivity index (χ4n) is 1.15. The van der Waals surface area contributed by atoms with Crippen molar-refractivity contribution in [1.82, 2.24) is 5.32 Å². The maximum atomic E-state index is 5.38. The van der Waals surface area contributed by atoms with E-state index >= 15 is 0 Å². The Labute approximate surface area is 70.5 Å². The summed E-state index contributed by atoms with van der Waals surface area (Å²) < 4.78 is 0. The molecular weight excluding hydrogens is 136 g/mol. The third kappa shape index (κ3) is 9.92. The van der Waals surface area contributed by atoms with Crippen LogP contribution in [0.3, 0.4) is 0 Å². The van der Waals surface area contributed by atoms with Gasteiger partial charge in [-0.05, 0) is 33.0 Å². The zero-order valence-electron chi connectivity index (χ0n) is 7.73. The number of nitrogens with two attached hydrogens (primary N) is 1. The van der Waals surface area contributed by atoms with Crippen molar-refractivity contribution < 1.29 is 0 Å². The Bertz CT molecular complexity index is 56.6. The largest absolute Gasteiger partial charge is 0.330 e. The van der Waals surface area contributed by atoms with Gasteiger partial charge < -0.3 is 11.1 Å². The molecule has 0 saturated heterocycles. The van der Waals surface area contributed by atoms with Gasteiger partial charge in [-0.25, -0.2) is 0 Å². The summed E-state index contributed by atoms with van der Waals surface area (Å²) in [6.45, 7) is 2.02. The van der Waals surface area contributed by atoms with Crippen LogP contribution in [-0.2, 0) is 0 Å². The minimum atomic E-state index is 0.858. The highest BCUT2D eigenvalue weighted by Crippen LogP contribution is 2.03. The Morgan fingerprint density at radius 2 is 1.45 bits per heavy atom. The molecule has 0 bridgehead atoms. The van der Waals surface area contributed by atoms with Crippen LogP contribution in [0.1, 0.15) is 38.5 Å². The average Bonchev–Trinajstić information content (AvgIpc) is 2.03. The molecule has 0 aromatic heterocycles. The molecule has 0 saturated carbocycles. The quantitative estimate of drug-likeness (QED) is 0.525. The van der Waals surface area contributed by atoms with Crippen LogP contribution < -0.4 is 11.1 Å². The Morgan fingerprint density at radius 1 is 0.909 bits per heavy atom. The van der Waals surface area contributed by atoms with E-state index in [-0.39, 0.29) is 0 Å². The fraction of sp³-hybridized carbons (Fsp3) is 1.00. The number of unbranched alkanes of at least 4 members (excludes halogenated alkanes) is 5. The summed E-state index contributed by atoms with van der Waals surface area (Å²) in [4.78, 5) is 0. The van der Waals surface area contributed by atoms with Crippen molar-refractivity contribution in [3.63, 3.8) is 0 Å². The average molecular weight is 158 g/mol. The fourth-order valence-corrected chi connectivity index (χ4v) is 1.15. The monoisotopic (exact) mass is 158 g/mol. The van der Waals surface area contributed by atoms with Crippen molar-refractivity contribution in [2.24, 2.45) is 5.73 Å². The highest BCUT2D eigenvalue weighted by molar-refractivity contribution is 4.46. The van der Waals surface area contributed by atoms with Gasteiger partial charge in [0, 0.05) is 0 Å². The first kappa shape index (κ1) is 10.9.